The van der Waals surface area contributed by atoms with Crippen molar-refractivity contribution in [2.24, 2.45) is 0 Å². The van der Waals surface area contributed by atoms with Crippen molar-refractivity contribution in [2.45, 2.75) is 0 Å². The van der Waals surface area contributed by atoms with E-state index in [0.29, 0.717) is 35.2 Å². The number of benzene rings is 2. The van der Waals surface area contributed by atoms with E-state index >= 15 is 0 Å². The first-order valence-corrected chi connectivity index (χ1v) is 8.70. The summed E-state index contributed by atoms with van der Waals surface area (Å²) in [5.41, 5.74) is 8.76. The van der Waals surface area contributed by atoms with Crippen molar-refractivity contribution < 1.29 is 9.53 Å². The zero-order valence-electron chi connectivity index (χ0n) is 12.9. The molecular formula is C17H17BrClN3O2. The maximum Gasteiger partial charge on any atom is 0.257 e. The number of rotatable bonds is 3. The molecule has 0 radical (unpaired) electrons. The normalized spacial score (nSPS) is 14.5. The van der Waals surface area contributed by atoms with Crippen LogP contribution in [0.5, 0.6) is 0 Å². The summed E-state index contributed by atoms with van der Waals surface area (Å²) in [6.45, 7) is 3.01. The summed E-state index contributed by atoms with van der Waals surface area (Å²) in [4.78, 5) is 14.6. The minimum absolute atomic E-state index is 0.278. The van der Waals surface area contributed by atoms with Crippen LogP contribution in [0.15, 0.2) is 40.9 Å². The Bertz CT molecular complexity index is 763. The SMILES string of the molecule is Nc1cc(NC(=O)c2cc(Br)ccc2Cl)ccc1N1CCOCC1. The lowest BCUT2D eigenvalue weighted by Crippen LogP contribution is -2.36. The van der Waals surface area contributed by atoms with Gasteiger partial charge in [-0.2, -0.15) is 0 Å². The van der Waals surface area contributed by atoms with Crippen LogP contribution in [0, 0.1) is 0 Å². The molecule has 1 aliphatic heterocycles. The molecule has 0 unspecified atom stereocenters. The van der Waals surface area contributed by atoms with Crippen LogP contribution in [0.25, 0.3) is 0 Å². The van der Waals surface area contributed by atoms with Crippen LogP contribution >= 0.6 is 27.5 Å². The van der Waals surface area contributed by atoms with Gasteiger partial charge in [0.1, 0.15) is 0 Å². The van der Waals surface area contributed by atoms with E-state index in [0.717, 1.165) is 23.2 Å². The molecule has 1 heterocycles. The number of nitrogens with two attached hydrogens (primary N) is 1. The van der Waals surface area contributed by atoms with Gasteiger partial charge in [0.05, 0.1) is 35.2 Å². The molecule has 5 nitrogen and oxygen atoms in total. The van der Waals surface area contributed by atoms with E-state index in [1.807, 2.05) is 12.1 Å². The van der Waals surface area contributed by atoms with Gasteiger partial charge in [-0.05, 0) is 36.4 Å². The standard InChI is InChI=1S/C17H17BrClN3O2/c18-11-1-3-14(19)13(9-11)17(23)21-12-2-4-16(15(20)10-12)22-5-7-24-8-6-22/h1-4,9-10H,5-8,20H2,(H,21,23). The lowest BCUT2D eigenvalue weighted by molar-refractivity contribution is 0.102. The lowest BCUT2D eigenvalue weighted by atomic mass is 10.2. The highest BCUT2D eigenvalue weighted by Crippen LogP contribution is 2.28. The molecule has 0 atom stereocenters. The van der Waals surface area contributed by atoms with Gasteiger partial charge in [-0.1, -0.05) is 27.5 Å². The Labute approximate surface area is 153 Å². The molecule has 0 aromatic heterocycles. The fourth-order valence-electron chi connectivity index (χ4n) is 2.59. The Hall–Kier alpha value is -1.76. The maximum absolute atomic E-state index is 12.4. The lowest BCUT2D eigenvalue weighted by Gasteiger charge is -2.30. The smallest absolute Gasteiger partial charge is 0.257 e. The topological polar surface area (TPSA) is 67.6 Å². The van der Waals surface area contributed by atoms with Crippen LogP contribution in [0.2, 0.25) is 5.02 Å². The quantitative estimate of drug-likeness (QED) is 0.756. The molecule has 1 aliphatic rings. The van der Waals surface area contributed by atoms with Crippen LogP contribution in [0.4, 0.5) is 17.1 Å². The summed E-state index contributed by atoms with van der Waals surface area (Å²) >= 11 is 9.43. The van der Waals surface area contributed by atoms with Crippen LogP contribution in [-0.4, -0.2) is 32.2 Å². The molecule has 0 bridgehead atoms. The predicted molar refractivity (Wildman–Crippen MR) is 101 cm³/mol. The summed E-state index contributed by atoms with van der Waals surface area (Å²) in [6.07, 6.45) is 0. The molecule has 2 aromatic rings. The van der Waals surface area contributed by atoms with Crippen molar-refractivity contribution in [3.8, 4) is 0 Å². The number of anilines is 3. The molecule has 1 fully saturated rings. The molecule has 3 rings (SSSR count). The van der Waals surface area contributed by atoms with Crippen molar-refractivity contribution >= 4 is 50.5 Å². The molecule has 3 N–H and O–H groups in total. The van der Waals surface area contributed by atoms with Crippen LogP contribution in [0.1, 0.15) is 10.4 Å². The first-order valence-electron chi connectivity index (χ1n) is 7.53. The molecule has 0 saturated carbocycles. The number of nitrogens with zero attached hydrogens (tertiary/aromatic N) is 1. The van der Waals surface area contributed by atoms with Crippen LogP contribution in [0.3, 0.4) is 0 Å². The Morgan fingerprint density at radius 1 is 1.21 bits per heavy atom. The van der Waals surface area contributed by atoms with Gasteiger partial charge in [-0.25, -0.2) is 0 Å². The van der Waals surface area contributed by atoms with E-state index in [1.165, 1.54) is 0 Å². The molecule has 1 saturated heterocycles. The molecule has 7 heteroatoms. The van der Waals surface area contributed by atoms with E-state index in [1.54, 1.807) is 24.3 Å². The van der Waals surface area contributed by atoms with Crippen molar-refractivity contribution in [3.63, 3.8) is 0 Å². The third-order valence-corrected chi connectivity index (χ3v) is 4.63. The molecule has 1 amide bonds. The monoisotopic (exact) mass is 409 g/mol. The minimum atomic E-state index is -0.278. The Morgan fingerprint density at radius 3 is 2.67 bits per heavy atom. The summed E-state index contributed by atoms with van der Waals surface area (Å²) in [5.74, 6) is -0.278. The van der Waals surface area contributed by atoms with Crippen LogP contribution in [-0.2, 0) is 4.74 Å². The second-order valence-electron chi connectivity index (χ2n) is 5.45. The summed E-state index contributed by atoms with van der Waals surface area (Å²) in [5, 5.41) is 3.23. The number of carbonyl (C=O) groups excluding carboxylic acids is 1. The predicted octanol–water partition coefficient (Wildman–Crippen LogP) is 3.77. The highest BCUT2D eigenvalue weighted by atomic mass is 79.9. The van der Waals surface area contributed by atoms with E-state index in [4.69, 9.17) is 22.1 Å². The largest absolute Gasteiger partial charge is 0.397 e. The van der Waals surface area contributed by atoms with Gasteiger partial charge in [0, 0.05) is 23.2 Å². The highest BCUT2D eigenvalue weighted by molar-refractivity contribution is 9.10. The third-order valence-electron chi connectivity index (χ3n) is 3.81. The van der Waals surface area contributed by atoms with Gasteiger partial charge >= 0.3 is 0 Å². The molecule has 126 valence electrons. The van der Waals surface area contributed by atoms with Crippen molar-refractivity contribution in [1.29, 1.82) is 0 Å². The van der Waals surface area contributed by atoms with Gasteiger partial charge in [-0.15, -0.1) is 0 Å². The minimum Gasteiger partial charge on any atom is -0.397 e. The molecule has 2 aromatic carbocycles. The number of ether oxygens (including phenoxy) is 1. The maximum atomic E-state index is 12.4. The molecule has 0 spiro atoms. The van der Waals surface area contributed by atoms with Crippen molar-refractivity contribution in [1.82, 2.24) is 0 Å². The van der Waals surface area contributed by atoms with Gasteiger partial charge < -0.3 is 20.7 Å². The number of nitrogen functional groups attached to an aromatic ring is 1. The number of nitrogens with one attached hydrogen (secondary N) is 1. The van der Waals surface area contributed by atoms with E-state index in [-0.39, 0.29) is 5.91 Å². The third kappa shape index (κ3) is 3.83. The summed E-state index contributed by atoms with van der Waals surface area (Å²) < 4.78 is 6.14. The second kappa shape index (κ2) is 7.42. The Balaban J connectivity index is 1.77. The first kappa shape index (κ1) is 17.1. The van der Waals surface area contributed by atoms with E-state index in [9.17, 15) is 4.79 Å². The van der Waals surface area contributed by atoms with Gasteiger partial charge in [0.25, 0.3) is 5.91 Å². The summed E-state index contributed by atoms with van der Waals surface area (Å²) in [7, 11) is 0. The second-order valence-corrected chi connectivity index (χ2v) is 6.77. The van der Waals surface area contributed by atoms with Gasteiger partial charge in [-0.3, -0.25) is 4.79 Å². The number of carbonyl (C=O) groups is 1. The van der Waals surface area contributed by atoms with E-state index in [2.05, 4.69) is 26.1 Å². The summed E-state index contributed by atoms with van der Waals surface area (Å²) in [6, 6.07) is 10.7. The van der Waals surface area contributed by atoms with Gasteiger partial charge in [0.15, 0.2) is 0 Å². The molecule has 24 heavy (non-hydrogen) atoms. The van der Waals surface area contributed by atoms with Gasteiger partial charge in [0.2, 0.25) is 0 Å². The number of hydrogen-bond acceptors (Lipinski definition) is 4. The number of amides is 1. The van der Waals surface area contributed by atoms with Crippen LogP contribution < -0.4 is 16.0 Å². The Kier molecular flexibility index (Phi) is 5.28. The molecular weight excluding hydrogens is 394 g/mol. The molecule has 0 aliphatic carbocycles. The fourth-order valence-corrected chi connectivity index (χ4v) is 3.16. The van der Waals surface area contributed by atoms with E-state index < -0.39 is 0 Å². The average molecular weight is 411 g/mol. The van der Waals surface area contributed by atoms with Crippen molar-refractivity contribution in [2.75, 3.05) is 42.3 Å². The highest BCUT2D eigenvalue weighted by Gasteiger charge is 2.15. The average Bonchev–Trinajstić information content (AvgIpc) is 2.58. The first-order chi connectivity index (χ1) is 11.5. The number of halogens is 2. The zero-order chi connectivity index (χ0) is 17.1. The Morgan fingerprint density at radius 2 is 1.96 bits per heavy atom. The van der Waals surface area contributed by atoms with Crippen molar-refractivity contribution in [3.05, 3.63) is 51.5 Å². The number of hydrogen-bond donors (Lipinski definition) is 2. The zero-order valence-corrected chi connectivity index (χ0v) is 15.2. The number of morpholine rings is 1. The fraction of sp³-hybridized carbons (Fsp3) is 0.235.